The summed E-state index contributed by atoms with van der Waals surface area (Å²) in [7, 11) is 0. The topological polar surface area (TPSA) is 76.2 Å². The lowest BCUT2D eigenvalue weighted by Gasteiger charge is -2.30. The lowest BCUT2D eigenvalue weighted by atomic mass is 9.86. The number of carbonyl (C=O) groups excluding carboxylic acids is 1. The van der Waals surface area contributed by atoms with Crippen molar-refractivity contribution in [2.45, 2.75) is 81.8 Å². The van der Waals surface area contributed by atoms with E-state index < -0.39 is 0 Å². The van der Waals surface area contributed by atoms with Gasteiger partial charge in [-0.15, -0.1) is 10.2 Å². The molecule has 0 bridgehead atoms. The Morgan fingerprint density at radius 1 is 1.23 bits per heavy atom. The molecule has 1 saturated carbocycles. The molecule has 1 N–H and O–H groups in total. The average Bonchev–Trinajstić information content (AvgIpc) is 3.41. The SMILES string of the molecule is CC(Sc1nnc(N2CCCCC2)n1Cc1ccco1)C(=O)NC1CCCCC1C. The van der Waals surface area contributed by atoms with E-state index >= 15 is 0 Å². The zero-order valence-corrected chi connectivity index (χ0v) is 18.9. The van der Waals surface area contributed by atoms with E-state index in [4.69, 9.17) is 4.42 Å². The van der Waals surface area contributed by atoms with Crippen molar-refractivity contribution in [3.63, 3.8) is 0 Å². The molecule has 7 nitrogen and oxygen atoms in total. The third kappa shape index (κ3) is 5.02. The van der Waals surface area contributed by atoms with Gasteiger partial charge in [-0.05, 0) is 57.1 Å². The molecule has 0 spiro atoms. The molecule has 0 aromatic carbocycles. The van der Waals surface area contributed by atoms with E-state index in [1.54, 1.807) is 6.26 Å². The van der Waals surface area contributed by atoms with Gasteiger partial charge in [0.15, 0.2) is 5.16 Å². The summed E-state index contributed by atoms with van der Waals surface area (Å²) in [5, 5.41) is 12.8. The number of piperidine rings is 1. The molecular weight excluding hydrogens is 398 g/mol. The van der Waals surface area contributed by atoms with Crippen LogP contribution in [0.1, 0.15) is 64.6 Å². The smallest absolute Gasteiger partial charge is 0.233 e. The number of hydrogen-bond donors (Lipinski definition) is 1. The maximum Gasteiger partial charge on any atom is 0.233 e. The maximum absolute atomic E-state index is 12.9. The van der Waals surface area contributed by atoms with Crippen molar-refractivity contribution in [3.8, 4) is 0 Å². The Morgan fingerprint density at radius 2 is 2.03 bits per heavy atom. The highest BCUT2D eigenvalue weighted by Crippen LogP contribution is 2.29. The van der Waals surface area contributed by atoms with Crippen LogP contribution in [-0.2, 0) is 11.3 Å². The summed E-state index contributed by atoms with van der Waals surface area (Å²) in [5.41, 5.74) is 0. The second kappa shape index (κ2) is 9.90. The number of furan rings is 1. The maximum atomic E-state index is 12.9. The number of hydrogen-bond acceptors (Lipinski definition) is 6. The van der Waals surface area contributed by atoms with Gasteiger partial charge in [0.1, 0.15) is 5.76 Å². The van der Waals surface area contributed by atoms with Crippen molar-refractivity contribution < 1.29 is 9.21 Å². The van der Waals surface area contributed by atoms with Crippen LogP contribution in [0.5, 0.6) is 0 Å². The minimum Gasteiger partial charge on any atom is -0.467 e. The fraction of sp³-hybridized carbons (Fsp3) is 0.682. The van der Waals surface area contributed by atoms with Crippen molar-refractivity contribution in [2.24, 2.45) is 5.92 Å². The molecule has 1 saturated heterocycles. The molecule has 1 amide bonds. The third-order valence-corrected chi connectivity index (χ3v) is 7.40. The van der Waals surface area contributed by atoms with E-state index in [1.807, 2.05) is 19.1 Å². The van der Waals surface area contributed by atoms with Gasteiger partial charge >= 0.3 is 0 Å². The van der Waals surface area contributed by atoms with E-state index in [-0.39, 0.29) is 11.2 Å². The Morgan fingerprint density at radius 3 is 2.77 bits per heavy atom. The van der Waals surface area contributed by atoms with Crippen LogP contribution in [0.25, 0.3) is 0 Å². The summed E-state index contributed by atoms with van der Waals surface area (Å²) >= 11 is 1.48. The molecule has 2 aromatic rings. The summed E-state index contributed by atoms with van der Waals surface area (Å²) in [6, 6.07) is 4.16. The van der Waals surface area contributed by atoms with Crippen molar-refractivity contribution in [2.75, 3.05) is 18.0 Å². The number of amides is 1. The second-order valence-electron chi connectivity index (χ2n) is 8.63. The summed E-state index contributed by atoms with van der Waals surface area (Å²) in [5.74, 6) is 2.38. The van der Waals surface area contributed by atoms with E-state index in [0.717, 1.165) is 36.4 Å². The summed E-state index contributed by atoms with van der Waals surface area (Å²) < 4.78 is 7.68. The second-order valence-corrected chi connectivity index (χ2v) is 9.94. The molecule has 3 atom stereocenters. The predicted molar refractivity (Wildman–Crippen MR) is 119 cm³/mol. The highest BCUT2D eigenvalue weighted by Gasteiger charge is 2.27. The first-order valence-electron chi connectivity index (χ1n) is 11.3. The molecule has 1 aliphatic carbocycles. The van der Waals surface area contributed by atoms with E-state index in [0.29, 0.717) is 18.5 Å². The minimum absolute atomic E-state index is 0.0887. The van der Waals surface area contributed by atoms with Crippen molar-refractivity contribution in [3.05, 3.63) is 24.2 Å². The quantitative estimate of drug-likeness (QED) is 0.666. The molecule has 0 radical (unpaired) electrons. The molecule has 3 heterocycles. The van der Waals surface area contributed by atoms with Gasteiger partial charge in [-0.25, -0.2) is 0 Å². The minimum atomic E-state index is -0.229. The van der Waals surface area contributed by atoms with Gasteiger partial charge in [0.25, 0.3) is 0 Å². The highest BCUT2D eigenvalue weighted by atomic mass is 32.2. The first-order chi connectivity index (χ1) is 14.6. The third-order valence-electron chi connectivity index (χ3n) is 6.32. The first kappa shape index (κ1) is 21.3. The molecule has 2 aliphatic rings. The van der Waals surface area contributed by atoms with Gasteiger partial charge in [0, 0.05) is 19.1 Å². The zero-order valence-electron chi connectivity index (χ0n) is 18.0. The van der Waals surface area contributed by atoms with Crippen LogP contribution < -0.4 is 10.2 Å². The lowest BCUT2D eigenvalue weighted by Crippen LogP contribution is -2.44. The largest absolute Gasteiger partial charge is 0.467 e. The van der Waals surface area contributed by atoms with E-state index in [9.17, 15) is 4.79 Å². The number of anilines is 1. The van der Waals surface area contributed by atoms with Gasteiger partial charge < -0.3 is 14.6 Å². The first-order valence-corrected chi connectivity index (χ1v) is 12.2. The Labute approximate surface area is 183 Å². The van der Waals surface area contributed by atoms with E-state index in [1.165, 1.54) is 50.3 Å². The van der Waals surface area contributed by atoms with Crippen molar-refractivity contribution >= 4 is 23.6 Å². The molecule has 164 valence electrons. The van der Waals surface area contributed by atoms with Crippen LogP contribution in [0.3, 0.4) is 0 Å². The number of rotatable bonds is 7. The van der Waals surface area contributed by atoms with Crippen LogP contribution in [0.15, 0.2) is 28.0 Å². The normalized spacial score (nSPS) is 23.3. The molecule has 2 fully saturated rings. The number of thioether (sulfide) groups is 1. The van der Waals surface area contributed by atoms with Gasteiger partial charge in [0.2, 0.25) is 11.9 Å². The monoisotopic (exact) mass is 431 g/mol. The number of aromatic nitrogens is 3. The molecule has 1 aliphatic heterocycles. The molecule has 4 rings (SSSR count). The fourth-order valence-corrected chi connectivity index (χ4v) is 5.29. The lowest BCUT2D eigenvalue weighted by molar-refractivity contribution is -0.121. The summed E-state index contributed by atoms with van der Waals surface area (Å²) in [6.45, 7) is 6.77. The molecule has 3 unspecified atom stereocenters. The predicted octanol–water partition coefficient (Wildman–Crippen LogP) is 4.09. The number of nitrogens with zero attached hydrogens (tertiary/aromatic N) is 4. The average molecular weight is 432 g/mol. The van der Waals surface area contributed by atoms with Gasteiger partial charge in [0.05, 0.1) is 18.1 Å². The van der Waals surface area contributed by atoms with Crippen LogP contribution in [0.2, 0.25) is 0 Å². The highest BCUT2D eigenvalue weighted by molar-refractivity contribution is 8.00. The standard InChI is InChI=1S/C22H33N5O2S/c1-16-9-4-5-11-19(16)23-20(28)17(2)30-22-25-24-21(26-12-6-3-7-13-26)27(22)15-18-10-8-14-29-18/h8,10,14,16-17,19H,3-7,9,11-13,15H2,1-2H3,(H,23,28). The molecular formula is C22H33N5O2S. The Bertz CT molecular complexity index is 816. The Hall–Kier alpha value is -1.96. The van der Waals surface area contributed by atoms with Crippen molar-refractivity contribution in [1.82, 2.24) is 20.1 Å². The molecule has 8 heteroatoms. The number of carbonyl (C=O) groups is 1. The van der Waals surface area contributed by atoms with Gasteiger partial charge in [-0.3, -0.25) is 9.36 Å². The fourth-order valence-electron chi connectivity index (χ4n) is 4.44. The molecule has 2 aromatic heterocycles. The van der Waals surface area contributed by atoms with E-state index in [2.05, 4.69) is 31.9 Å². The summed E-state index contributed by atoms with van der Waals surface area (Å²) in [4.78, 5) is 15.2. The zero-order chi connectivity index (χ0) is 20.9. The van der Waals surface area contributed by atoms with Crippen LogP contribution >= 0.6 is 11.8 Å². The van der Waals surface area contributed by atoms with Gasteiger partial charge in [-0.2, -0.15) is 0 Å². The molecule has 30 heavy (non-hydrogen) atoms. The Balaban J connectivity index is 1.48. The van der Waals surface area contributed by atoms with Crippen molar-refractivity contribution in [1.29, 1.82) is 0 Å². The Kier molecular flexibility index (Phi) is 7.02. The van der Waals surface area contributed by atoms with Gasteiger partial charge in [-0.1, -0.05) is 31.5 Å². The summed E-state index contributed by atoms with van der Waals surface area (Å²) in [6.07, 6.45) is 10.1. The van der Waals surface area contributed by atoms with Crippen LogP contribution in [0, 0.1) is 5.92 Å². The van der Waals surface area contributed by atoms with Crippen LogP contribution in [0.4, 0.5) is 5.95 Å². The number of nitrogens with one attached hydrogen (secondary N) is 1. The van der Waals surface area contributed by atoms with Crippen LogP contribution in [-0.4, -0.2) is 45.1 Å².